The Morgan fingerprint density at radius 2 is 2.06 bits per heavy atom. The van der Waals surface area contributed by atoms with Gasteiger partial charge in [-0.1, -0.05) is 6.92 Å². The summed E-state index contributed by atoms with van der Waals surface area (Å²) in [6.07, 6.45) is 0.483. The molecule has 0 radical (unpaired) electrons. The molecule has 0 aromatic heterocycles. The number of benzene rings is 1. The third-order valence-corrected chi connectivity index (χ3v) is 2.93. The van der Waals surface area contributed by atoms with Crippen LogP contribution in [0.3, 0.4) is 0 Å². The van der Waals surface area contributed by atoms with Crippen LogP contribution in [-0.4, -0.2) is 33.9 Å². The summed E-state index contributed by atoms with van der Waals surface area (Å²) in [6.45, 7) is 1.27. The Morgan fingerprint density at radius 3 is 2.44 bits per heavy atom. The summed E-state index contributed by atoms with van der Waals surface area (Å²) in [5.41, 5.74) is 5.36. The van der Waals surface area contributed by atoms with Crippen LogP contribution in [-0.2, 0) is 0 Å². The number of nitro groups is 1. The van der Waals surface area contributed by atoms with E-state index in [2.05, 4.69) is 5.32 Å². The Hall–Kier alpha value is -1.86. The van der Waals surface area contributed by atoms with E-state index in [0.29, 0.717) is 12.1 Å². The quantitative estimate of drug-likeness (QED) is 0.337. The fourth-order valence-electron chi connectivity index (χ4n) is 1.50. The minimum Gasteiger partial charge on any atom is -0.397 e. The zero-order valence-electron chi connectivity index (χ0n) is 10.1. The summed E-state index contributed by atoms with van der Waals surface area (Å²) < 4.78 is 0. The number of hydrogen-bond acceptors (Lipinski definition) is 6. The maximum absolute atomic E-state index is 10.6. The molecule has 0 fully saturated rings. The monoisotopic (exact) mass is 255 g/mol. The highest BCUT2D eigenvalue weighted by Crippen LogP contribution is 2.27. The van der Waals surface area contributed by atoms with Crippen molar-refractivity contribution in [3.8, 4) is 0 Å². The molecule has 0 spiro atoms. The summed E-state index contributed by atoms with van der Waals surface area (Å²) in [6, 6.07) is 4.01. The molecule has 1 aromatic carbocycles. The number of anilines is 2. The van der Waals surface area contributed by atoms with Gasteiger partial charge in [0, 0.05) is 12.1 Å². The summed E-state index contributed by atoms with van der Waals surface area (Å²) in [5, 5.41) is 32.1. The van der Waals surface area contributed by atoms with Crippen LogP contribution < -0.4 is 11.1 Å². The summed E-state index contributed by atoms with van der Waals surface area (Å²) in [4.78, 5) is 10.0. The van der Waals surface area contributed by atoms with Crippen molar-refractivity contribution in [1.29, 1.82) is 0 Å². The number of nitro benzene ring substituents is 1. The highest BCUT2D eigenvalue weighted by atomic mass is 16.6. The van der Waals surface area contributed by atoms with Gasteiger partial charge in [0.2, 0.25) is 0 Å². The zero-order valence-corrected chi connectivity index (χ0v) is 10.1. The van der Waals surface area contributed by atoms with E-state index in [0.717, 1.165) is 0 Å². The molecule has 0 bridgehead atoms. The Labute approximate surface area is 104 Å². The van der Waals surface area contributed by atoms with Gasteiger partial charge in [0.25, 0.3) is 5.69 Å². The van der Waals surface area contributed by atoms with Gasteiger partial charge in [-0.15, -0.1) is 0 Å². The molecule has 1 aromatic rings. The van der Waals surface area contributed by atoms with E-state index in [1.165, 1.54) is 18.2 Å². The Balaban J connectivity index is 3.01. The minimum absolute atomic E-state index is 0.104. The zero-order chi connectivity index (χ0) is 13.8. The van der Waals surface area contributed by atoms with E-state index < -0.39 is 10.5 Å². The van der Waals surface area contributed by atoms with Crippen LogP contribution in [0.25, 0.3) is 0 Å². The van der Waals surface area contributed by atoms with E-state index in [1.54, 1.807) is 6.92 Å². The van der Waals surface area contributed by atoms with Crippen molar-refractivity contribution >= 4 is 17.1 Å². The first kappa shape index (κ1) is 14.2. The molecule has 0 aliphatic rings. The third-order valence-electron chi connectivity index (χ3n) is 2.93. The van der Waals surface area contributed by atoms with Crippen LogP contribution in [0.4, 0.5) is 17.1 Å². The molecule has 0 amide bonds. The molecule has 0 heterocycles. The number of non-ortho nitro benzene ring substituents is 1. The maximum atomic E-state index is 10.6. The number of nitrogens with zero attached hydrogens (tertiary/aromatic N) is 1. The van der Waals surface area contributed by atoms with Gasteiger partial charge in [0.1, 0.15) is 0 Å². The molecule has 0 aliphatic heterocycles. The normalized spacial score (nSPS) is 11.3. The first-order valence-corrected chi connectivity index (χ1v) is 5.52. The number of nitrogens with one attached hydrogen (secondary N) is 1. The average Bonchev–Trinajstić information content (AvgIpc) is 2.38. The van der Waals surface area contributed by atoms with E-state index >= 15 is 0 Å². The van der Waals surface area contributed by atoms with Crippen molar-refractivity contribution in [3.63, 3.8) is 0 Å². The van der Waals surface area contributed by atoms with Gasteiger partial charge in [-0.2, -0.15) is 0 Å². The summed E-state index contributed by atoms with van der Waals surface area (Å²) in [5.74, 6) is 0. The first-order chi connectivity index (χ1) is 8.48. The smallest absolute Gasteiger partial charge is 0.271 e. The van der Waals surface area contributed by atoms with Gasteiger partial charge >= 0.3 is 0 Å². The highest BCUT2D eigenvalue weighted by Gasteiger charge is 2.27. The molecule has 0 aliphatic carbocycles. The Kier molecular flexibility index (Phi) is 4.46. The Morgan fingerprint density at radius 1 is 1.44 bits per heavy atom. The van der Waals surface area contributed by atoms with Gasteiger partial charge in [0.15, 0.2) is 0 Å². The molecule has 18 heavy (non-hydrogen) atoms. The molecule has 0 saturated carbocycles. The lowest BCUT2D eigenvalue weighted by Gasteiger charge is -2.31. The van der Waals surface area contributed by atoms with Crippen molar-refractivity contribution in [1.82, 2.24) is 0 Å². The molecular formula is C11H17N3O4. The molecule has 0 saturated heterocycles. The maximum Gasteiger partial charge on any atom is 0.271 e. The van der Waals surface area contributed by atoms with Crippen molar-refractivity contribution < 1.29 is 15.1 Å². The van der Waals surface area contributed by atoms with Crippen molar-refractivity contribution in [3.05, 3.63) is 28.3 Å². The second kappa shape index (κ2) is 5.65. The van der Waals surface area contributed by atoms with Crippen LogP contribution in [0.5, 0.6) is 0 Å². The lowest BCUT2D eigenvalue weighted by molar-refractivity contribution is -0.384. The highest BCUT2D eigenvalue weighted by molar-refractivity contribution is 5.70. The van der Waals surface area contributed by atoms with Crippen molar-refractivity contribution in [2.24, 2.45) is 0 Å². The second-order valence-corrected chi connectivity index (χ2v) is 4.10. The fraction of sp³-hybridized carbons (Fsp3) is 0.455. The van der Waals surface area contributed by atoms with Crippen LogP contribution in [0.15, 0.2) is 18.2 Å². The fourth-order valence-corrected chi connectivity index (χ4v) is 1.50. The van der Waals surface area contributed by atoms with E-state index in [4.69, 9.17) is 5.73 Å². The molecule has 5 N–H and O–H groups in total. The van der Waals surface area contributed by atoms with E-state index in [9.17, 15) is 20.3 Å². The standard InChI is InChI=1S/C11H17N3O4/c1-2-11(6-15,7-16)13-10-4-3-8(14(17)18)5-9(10)12/h3-5,13,15-16H,2,6-7,12H2,1H3. The predicted molar refractivity (Wildman–Crippen MR) is 68.3 cm³/mol. The minimum atomic E-state index is -0.885. The van der Waals surface area contributed by atoms with Gasteiger partial charge in [-0.05, 0) is 12.5 Å². The first-order valence-electron chi connectivity index (χ1n) is 5.52. The van der Waals surface area contributed by atoms with Gasteiger partial charge in [-0.3, -0.25) is 10.1 Å². The van der Waals surface area contributed by atoms with Crippen molar-refractivity contribution in [2.75, 3.05) is 24.3 Å². The SMILES string of the molecule is CCC(CO)(CO)Nc1ccc([N+](=O)[O-])cc1N. The molecule has 7 nitrogen and oxygen atoms in total. The Bertz CT molecular complexity index is 424. The lowest BCUT2D eigenvalue weighted by atomic mass is 9.97. The molecule has 0 unspecified atom stereocenters. The summed E-state index contributed by atoms with van der Waals surface area (Å²) >= 11 is 0. The molecule has 7 heteroatoms. The van der Waals surface area contributed by atoms with Crippen LogP contribution >= 0.6 is 0 Å². The van der Waals surface area contributed by atoms with Gasteiger partial charge in [-0.25, -0.2) is 0 Å². The molecule has 1 rings (SSSR count). The van der Waals surface area contributed by atoms with Gasteiger partial charge < -0.3 is 21.3 Å². The number of rotatable bonds is 6. The topological polar surface area (TPSA) is 122 Å². The summed E-state index contributed by atoms with van der Waals surface area (Å²) in [7, 11) is 0. The molecule has 100 valence electrons. The largest absolute Gasteiger partial charge is 0.397 e. The van der Waals surface area contributed by atoms with Crippen molar-refractivity contribution in [2.45, 2.75) is 18.9 Å². The number of aliphatic hydroxyl groups excluding tert-OH is 2. The van der Waals surface area contributed by atoms with Crippen LogP contribution in [0.1, 0.15) is 13.3 Å². The average molecular weight is 255 g/mol. The number of nitrogen functional groups attached to an aromatic ring is 1. The molecular weight excluding hydrogens is 238 g/mol. The second-order valence-electron chi connectivity index (χ2n) is 4.10. The molecule has 0 atom stereocenters. The number of hydrogen-bond donors (Lipinski definition) is 4. The third kappa shape index (κ3) is 2.88. The van der Waals surface area contributed by atoms with E-state index in [-0.39, 0.29) is 24.6 Å². The van der Waals surface area contributed by atoms with Crippen LogP contribution in [0, 0.1) is 10.1 Å². The predicted octanol–water partition coefficient (Wildman–Crippen LogP) is 0.722. The van der Waals surface area contributed by atoms with Gasteiger partial charge in [0.05, 0.1) is 35.1 Å². The lowest BCUT2D eigenvalue weighted by Crippen LogP contribution is -2.45. The number of nitrogens with two attached hydrogens (primary N) is 1. The van der Waals surface area contributed by atoms with Crippen LogP contribution in [0.2, 0.25) is 0 Å². The van der Waals surface area contributed by atoms with E-state index in [1.807, 2.05) is 0 Å². The number of aliphatic hydroxyl groups is 2.